The second-order valence-electron chi connectivity index (χ2n) is 7.16. The molecule has 0 spiro atoms. The highest BCUT2D eigenvalue weighted by molar-refractivity contribution is 6.21. The van der Waals surface area contributed by atoms with E-state index in [0.29, 0.717) is 11.4 Å². The van der Waals surface area contributed by atoms with Gasteiger partial charge in [0.2, 0.25) is 5.91 Å². The maximum Gasteiger partial charge on any atom is 0.292 e. The fourth-order valence-electron chi connectivity index (χ4n) is 4.07. The number of methoxy groups -OCH3 is 1. The molecule has 28 heavy (non-hydrogen) atoms. The van der Waals surface area contributed by atoms with E-state index in [9.17, 15) is 14.7 Å². The second kappa shape index (κ2) is 7.52. The lowest BCUT2D eigenvalue weighted by atomic mass is 10.1. The number of aromatic hydroxyl groups is 1. The average molecular weight is 382 g/mol. The molecule has 0 aromatic heterocycles. The van der Waals surface area contributed by atoms with Crippen molar-refractivity contribution in [3.63, 3.8) is 0 Å². The molecule has 0 radical (unpaired) electrons. The van der Waals surface area contributed by atoms with Crippen LogP contribution in [0.25, 0.3) is 0 Å². The number of carbonyl (C=O) groups excluding carboxylic acids is 2. The van der Waals surface area contributed by atoms with Crippen molar-refractivity contribution in [3.05, 3.63) is 48.5 Å². The lowest BCUT2D eigenvalue weighted by Gasteiger charge is -2.35. The van der Waals surface area contributed by atoms with Crippen LogP contribution in [0, 0.1) is 0 Å². The lowest BCUT2D eigenvalue weighted by molar-refractivity contribution is -0.915. The molecule has 0 saturated carbocycles. The highest BCUT2D eigenvalue weighted by Gasteiger charge is 2.46. The van der Waals surface area contributed by atoms with Gasteiger partial charge in [-0.05, 0) is 36.4 Å². The molecule has 146 valence electrons. The largest absolute Gasteiger partial charge is 0.506 e. The third-order valence-corrected chi connectivity index (χ3v) is 5.60. The lowest BCUT2D eigenvalue weighted by Crippen LogP contribution is -3.19. The van der Waals surface area contributed by atoms with Crippen molar-refractivity contribution in [2.75, 3.05) is 43.1 Å². The number of ether oxygens (including phenoxy) is 1. The van der Waals surface area contributed by atoms with Crippen LogP contribution < -0.4 is 19.4 Å². The summed E-state index contributed by atoms with van der Waals surface area (Å²) in [6, 6.07) is 13.9. The number of benzene rings is 2. The average Bonchev–Trinajstić information content (AvgIpc) is 3.03. The number of quaternary nitrogens is 1. The summed E-state index contributed by atoms with van der Waals surface area (Å²) in [5.74, 6) is 0.658. The van der Waals surface area contributed by atoms with Crippen LogP contribution in [0.1, 0.15) is 6.42 Å². The number of piperazine rings is 1. The Kier molecular flexibility index (Phi) is 4.92. The third kappa shape index (κ3) is 3.29. The van der Waals surface area contributed by atoms with Gasteiger partial charge in [0.15, 0.2) is 6.04 Å². The number of imide groups is 1. The Hall–Kier alpha value is -3.06. The van der Waals surface area contributed by atoms with Crippen molar-refractivity contribution in [3.8, 4) is 11.5 Å². The summed E-state index contributed by atoms with van der Waals surface area (Å²) in [4.78, 5) is 30.1. The van der Waals surface area contributed by atoms with Gasteiger partial charge in [-0.3, -0.25) is 9.59 Å². The monoisotopic (exact) mass is 382 g/mol. The van der Waals surface area contributed by atoms with Crippen LogP contribution in [-0.2, 0) is 9.59 Å². The Morgan fingerprint density at radius 3 is 2.36 bits per heavy atom. The van der Waals surface area contributed by atoms with Gasteiger partial charge in [0.05, 0.1) is 51.1 Å². The normalized spacial score (nSPS) is 20.7. The van der Waals surface area contributed by atoms with E-state index in [4.69, 9.17) is 4.74 Å². The first-order valence-electron chi connectivity index (χ1n) is 9.47. The zero-order valence-electron chi connectivity index (χ0n) is 15.8. The highest BCUT2D eigenvalue weighted by Crippen LogP contribution is 2.27. The summed E-state index contributed by atoms with van der Waals surface area (Å²) in [5, 5.41) is 10.1. The van der Waals surface area contributed by atoms with E-state index >= 15 is 0 Å². The summed E-state index contributed by atoms with van der Waals surface area (Å²) >= 11 is 0. The van der Waals surface area contributed by atoms with Crippen molar-refractivity contribution in [2.24, 2.45) is 0 Å². The molecule has 2 aliphatic heterocycles. The number of carbonyl (C=O) groups is 2. The number of para-hydroxylation sites is 2. The Balaban J connectivity index is 1.44. The second-order valence-corrected chi connectivity index (χ2v) is 7.16. The molecular weight excluding hydrogens is 358 g/mol. The number of hydrogen-bond acceptors (Lipinski definition) is 5. The molecule has 2 saturated heterocycles. The molecule has 1 atom stereocenters. The number of amides is 2. The fourth-order valence-corrected chi connectivity index (χ4v) is 4.07. The van der Waals surface area contributed by atoms with Gasteiger partial charge in [0, 0.05) is 0 Å². The minimum Gasteiger partial charge on any atom is -0.506 e. The number of hydrogen-bond donors (Lipinski definition) is 2. The zero-order chi connectivity index (χ0) is 19.7. The van der Waals surface area contributed by atoms with Crippen LogP contribution in [0.2, 0.25) is 0 Å². The van der Waals surface area contributed by atoms with Crippen LogP contribution in [0.3, 0.4) is 0 Å². The van der Waals surface area contributed by atoms with Gasteiger partial charge in [-0.1, -0.05) is 12.1 Å². The topological polar surface area (TPSA) is 74.5 Å². The van der Waals surface area contributed by atoms with E-state index < -0.39 is 0 Å². The summed E-state index contributed by atoms with van der Waals surface area (Å²) in [7, 11) is 1.58. The smallest absolute Gasteiger partial charge is 0.292 e. The quantitative estimate of drug-likeness (QED) is 0.751. The molecule has 4 rings (SSSR count). The van der Waals surface area contributed by atoms with Crippen molar-refractivity contribution in [1.29, 1.82) is 0 Å². The molecule has 2 aromatic carbocycles. The molecule has 7 heteroatoms. The molecule has 2 fully saturated rings. The van der Waals surface area contributed by atoms with Crippen LogP contribution >= 0.6 is 0 Å². The van der Waals surface area contributed by atoms with Crippen LogP contribution in [0.5, 0.6) is 11.5 Å². The summed E-state index contributed by atoms with van der Waals surface area (Å²) in [6.45, 7) is 2.95. The molecule has 7 nitrogen and oxygen atoms in total. The SMILES string of the molecule is COc1ccc(N2C(=O)C[C@H]([NH+]3CCN(c4ccccc4O)CC3)C2=O)cc1. The molecule has 2 aliphatic rings. The maximum absolute atomic E-state index is 13.0. The molecule has 2 heterocycles. The predicted molar refractivity (Wildman–Crippen MR) is 105 cm³/mol. The predicted octanol–water partition coefficient (Wildman–Crippen LogP) is 0.438. The van der Waals surface area contributed by atoms with Crippen molar-refractivity contribution in [2.45, 2.75) is 12.5 Å². The number of nitrogens with zero attached hydrogens (tertiary/aromatic N) is 2. The van der Waals surface area contributed by atoms with Gasteiger partial charge in [0.1, 0.15) is 11.5 Å². The van der Waals surface area contributed by atoms with E-state index in [1.165, 1.54) is 4.90 Å². The first kappa shape index (κ1) is 18.3. The number of nitrogens with one attached hydrogen (secondary N) is 1. The first-order valence-corrected chi connectivity index (χ1v) is 9.47. The van der Waals surface area contributed by atoms with Crippen LogP contribution in [0.15, 0.2) is 48.5 Å². The number of phenolic OH excluding ortho intramolecular Hbond substituents is 1. The van der Waals surface area contributed by atoms with Crippen LogP contribution in [0.4, 0.5) is 11.4 Å². The van der Waals surface area contributed by atoms with Gasteiger partial charge in [-0.2, -0.15) is 0 Å². The molecule has 0 bridgehead atoms. The molecule has 0 unspecified atom stereocenters. The number of anilines is 2. The van der Waals surface area contributed by atoms with Gasteiger partial charge in [-0.15, -0.1) is 0 Å². The van der Waals surface area contributed by atoms with E-state index in [2.05, 4.69) is 4.90 Å². The summed E-state index contributed by atoms with van der Waals surface area (Å²) in [6.07, 6.45) is 0.233. The van der Waals surface area contributed by atoms with E-state index in [-0.39, 0.29) is 30.0 Å². The minimum absolute atomic E-state index is 0.138. The Bertz CT molecular complexity index is 875. The summed E-state index contributed by atoms with van der Waals surface area (Å²) in [5.41, 5.74) is 1.40. The number of rotatable bonds is 4. The summed E-state index contributed by atoms with van der Waals surface area (Å²) < 4.78 is 5.14. The minimum atomic E-state index is -0.346. The number of phenols is 1. The molecule has 0 aliphatic carbocycles. The fraction of sp³-hybridized carbons (Fsp3) is 0.333. The third-order valence-electron chi connectivity index (χ3n) is 5.60. The van der Waals surface area contributed by atoms with Gasteiger partial charge in [0.25, 0.3) is 5.91 Å². The van der Waals surface area contributed by atoms with Gasteiger partial charge in [-0.25, -0.2) is 4.90 Å². The highest BCUT2D eigenvalue weighted by atomic mass is 16.5. The molecule has 2 amide bonds. The van der Waals surface area contributed by atoms with Gasteiger partial charge >= 0.3 is 0 Å². The van der Waals surface area contributed by atoms with Crippen molar-refractivity contribution in [1.82, 2.24) is 0 Å². The van der Waals surface area contributed by atoms with Crippen molar-refractivity contribution >= 4 is 23.2 Å². The van der Waals surface area contributed by atoms with E-state index in [1.54, 1.807) is 43.5 Å². The Morgan fingerprint density at radius 2 is 1.71 bits per heavy atom. The molecule has 2 aromatic rings. The molecular formula is C21H24N3O4+. The van der Waals surface area contributed by atoms with Crippen LogP contribution in [-0.4, -0.2) is 56.3 Å². The van der Waals surface area contributed by atoms with Gasteiger partial charge < -0.3 is 19.6 Å². The maximum atomic E-state index is 13.0. The Morgan fingerprint density at radius 1 is 1.04 bits per heavy atom. The van der Waals surface area contributed by atoms with Crippen molar-refractivity contribution < 1.29 is 24.3 Å². The molecule has 2 N–H and O–H groups in total. The van der Waals surface area contributed by atoms with E-state index in [1.807, 2.05) is 12.1 Å². The zero-order valence-corrected chi connectivity index (χ0v) is 15.8. The first-order chi connectivity index (χ1) is 13.6. The van der Waals surface area contributed by atoms with E-state index in [0.717, 1.165) is 36.8 Å². The Labute approximate surface area is 163 Å². The standard InChI is InChI=1S/C21H23N3O4/c1-28-16-8-6-15(7-9-16)24-20(26)14-18(21(24)27)23-12-10-22(11-13-23)17-4-2-3-5-19(17)25/h2-9,18,25H,10-14H2,1H3/p+1/t18-/m0/s1.